The number of aromatic amines is 1. The first-order valence-corrected chi connectivity index (χ1v) is 10.7. The second-order valence-corrected chi connectivity index (χ2v) is 8.54. The van der Waals surface area contributed by atoms with E-state index >= 15 is 0 Å². The van der Waals surface area contributed by atoms with Gasteiger partial charge in [-0.1, -0.05) is 12.0 Å². The van der Waals surface area contributed by atoms with Crippen molar-refractivity contribution in [3.63, 3.8) is 0 Å². The molecule has 0 spiro atoms. The van der Waals surface area contributed by atoms with E-state index < -0.39 is 22.5 Å². The van der Waals surface area contributed by atoms with Gasteiger partial charge in [-0.15, -0.1) is 6.42 Å². The smallest absolute Gasteiger partial charge is 0.318 e. The van der Waals surface area contributed by atoms with E-state index in [1.807, 2.05) is 15.7 Å². The number of carboxylic acids is 1. The van der Waals surface area contributed by atoms with Crippen molar-refractivity contribution >= 4 is 32.6 Å². The number of nitrogens with one attached hydrogen (secondary N) is 2. The van der Waals surface area contributed by atoms with Crippen LogP contribution >= 0.6 is 0 Å². The molecule has 0 aliphatic heterocycles. The predicted molar refractivity (Wildman–Crippen MR) is 116 cm³/mol. The molecule has 0 unspecified atom stereocenters. The number of hydrogen-bond donors (Lipinski definition) is 3. The molecule has 3 rings (SSSR count). The molecule has 1 heterocycles. The molecule has 1 aromatic heterocycles. The van der Waals surface area contributed by atoms with Gasteiger partial charge < -0.3 is 15.0 Å². The zero-order chi connectivity index (χ0) is 22.6. The van der Waals surface area contributed by atoms with Gasteiger partial charge in [0, 0.05) is 12.2 Å². The number of anilines is 1. The van der Waals surface area contributed by atoms with Crippen molar-refractivity contribution < 1.29 is 18.3 Å². The molecule has 0 fully saturated rings. The first-order valence-electron chi connectivity index (χ1n) is 9.19. The van der Waals surface area contributed by atoms with Gasteiger partial charge in [0.2, 0.25) is 10.0 Å². The molecule has 0 aliphatic rings. The number of sulfonamides is 1. The molecule has 0 amide bonds. The lowest BCUT2D eigenvalue weighted by molar-refractivity contribution is -0.135. The Morgan fingerprint density at radius 2 is 1.97 bits per heavy atom. The standard InChI is InChI=1S/C21H20N4O5S/c1-3-10-25(13-15-4-9-19-18(11-15)21(28)24-14(2)23-19)16-5-7-17(8-6-16)31(29,30)22-12-20(26)27/h1,4-9,11,22H,10,12-13H2,2H3,(H,26,27)(H,23,24,28). The Kier molecular flexibility index (Phi) is 6.39. The van der Waals surface area contributed by atoms with Crippen LogP contribution < -0.4 is 15.2 Å². The lowest BCUT2D eigenvalue weighted by atomic mass is 10.1. The summed E-state index contributed by atoms with van der Waals surface area (Å²) in [4.78, 5) is 31.6. The fourth-order valence-electron chi connectivity index (χ4n) is 3.05. The lowest BCUT2D eigenvalue weighted by Gasteiger charge is -2.23. The topological polar surface area (TPSA) is 132 Å². The van der Waals surface area contributed by atoms with Crippen LogP contribution in [0, 0.1) is 19.3 Å². The van der Waals surface area contributed by atoms with Crippen LogP contribution in [0.15, 0.2) is 52.2 Å². The number of carbonyl (C=O) groups is 1. The maximum absolute atomic E-state index is 12.2. The molecule has 0 aliphatic carbocycles. The Labute approximate surface area is 178 Å². The molecule has 0 radical (unpaired) electrons. The quantitative estimate of drug-likeness (QED) is 0.449. The number of H-pyrrole nitrogens is 1. The Morgan fingerprint density at radius 3 is 2.61 bits per heavy atom. The Balaban J connectivity index is 1.86. The summed E-state index contributed by atoms with van der Waals surface area (Å²) in [5.74, 6) is 1.83. The fraction of sp³-hybridized carbons (Fsp3) is 0.190. The summed E-state index contributed by atoms with van der Waals surface area (Å²) in [6, 6.07) is 11.3. The van der Waals surface area contributed by atoms with Gasteiger partial charge in [0.25, 0.3) is 5.56 Å². The van der Waals surface area contributed by atoms with Gasteiger partial charge in [0.15, 0.2) is 0 Å². The molecular formula is C21H20N4O5S. The van der Waals surface area contributed by atoms with Crippen molar-refractivity contribution in [3.05, 3.63) is 64.2 Å². The van der Waals surface area contributed by atoms with Crippen molar-refractivity contribution in [2.75, 3.05) is 18.0 Å². The van der Waals surface area contributed by atoms with Crippen LogP contribution in [-0.2, 0) is 21.4 Å². The number of carboxylic acid groups (broad SMARTS) is 1. The van der Waals surface area contributed by atoms with Crippen LogP contribution in [0.2, 0.25) is 0 Å². The maximum Gasteiger partial charge on any atom is 0.318 e. The summed E-state index contributed by atoms with van der Waals surface area (Å²) >= 11 is 0. The minimum atomic E-state index is -3.94. The highest BCUT2D eigenvalue weighted by molar-refractivity contribution is 7.89. The highest BCUT2D eigenvalue weighted by atomic mass is 32.2. The molecular weight excluding hydrogens is 420 g/mol. The number of nitrogens with zero attached hydrogens (tertiary/aromatic N) is 2. The van der Waals surface area contributed by atoms with Crippen molar-refractivity contribution in [1.82, 2.24) is 14.7 Å². The van der Waals surface area contributed by atoms with Gasteiger partial charge in [-0.2, -0.15) is 4.72 Å². The van der Waals surface area contributed by atoms with E-state index in [1.54, 1.807) is 31.2 Å². The monoisotopic (exact) mass is 440 g/mol. The van der Waals surface area contributed by atoms with Gasteiger partial charge in [-0.05, 0) is 48.9 Å². The van der Waals surface area contributed by atoms with Crippen LogP contribution in [0.4, 0.5) is 5.69 Å². The summed E-state index contributed by atoms with van der Waals surface area (Å²) in [5, 5.41) is 9.13. The molecule has 3 aromatic rings. The summed E-state index contributed by atoms with van der Waals surface area (Å²) in [5.41, 5.74) is 1.87. The number of aromatic nitrogens is 2. The van der Waals surface area contributed by atoms with E-state index in [4.69, 9.17) is 11.5 Å². The molecule has 0 saturated carbocycles. The fourth-order valence-corrected chi connectivity index (χ4v) is 4.02. The SMILES string of the molecule is C#CCN(Cc1ccc2nc(C)[nH]c(=O)c2c1)c1ccc(S(=O)(=O)NCC(=O)O)cc1. The number of fused-ring (bicyclic) bond motifs is 1. The van der Waals surface area contributed by atoms with Gasteiger partial charge in [0.1, 0.15) is 12.4 Å². The van der Waals surface area contributed by atoms with Crippen molar-refractivity contribution in [2.45, 2.75) is 18.4 Å². The molecule has 0 saturated heterocycles. The molecule has 0 bridgehead atoms. The summed E-state index contributed by atoms with van der Waals surface area (Å²) in [6.07, 6.45) is 5.50. The van der Waals surface area contributed by atoms with E-state index in [9.17, 15) is 18.0 Å². The van der Waals surface area contributed by atoms with Gasteiger partial charge in [-0.25, -0.2) is 13.4 Å². The van der Waals surface area contributed by atoms with Crippen LogP contribution in [-0.4, -0.2) is 42.6 Å². The molecule has 0 atom stereocenters. The number of terminal acetylenes is 1. The molecule has 2 aromatic carbocycles. The summed E-state index contributed by atoms with van der Waals surface area (Å²) in [6.45, 7) is 1.65. The largest absolute Gasteiger partial charge is 0.480 e. The minimum Gasteiger partial charge on any atom is -0.480 e. The summed E-state index contributed by atoms with van der Waals surface area (Å²) < 4.78 is 26.3. The van der Waals surface area contributed by atoms with Crippen LogP contribution in [0.3, 0.4) is 0 Å². The van der Waals surface area contributed by atoms with Crippen LogP contribution in [0.5, 0.6) is 0 Å². The minimum absolute atomic E-state index is 0.0585. The van der Waals surface area contributed by atoms with Gasteiger partial charge >= 0.3 is 5.97 Å². The Hall–Kier alpha value is -3.68. The lowest BCUT2D eigenvalue weighted by Crippen LogP contribution is -2.29. The second kappa shape index (κ2) is 8.99. The molecule has 3 N–H and O–H groups in total. The number of benzene rings is 2. The third kappa shape index (κ3) is 5.28. The first kappa shape index (κ1) is 22.0. The van der Waals surface area contributed by atoms with E-state index in [1.165, 1.54) is 12.1 Å². The number of hydrogen-bond acceptors (Lipinski definition) is 6. The molecule has 160 valence electrons. The van der Waals surface area contributed by atoms with Crippen molar-refractivity contribution in [1.29, 1.82) is 0 Å². The van der Waals surface area contributed by atoms with Crippen molar-refractivity contribution in [3.8, 4) is 12.3 Å². The zero-order valence-electron chi connectivity index (χ0n) is 16.6. The van der Waals surface area contributed by atoms with E-state index in [-0.39, 0.29) is 17.0 Å². The Bertz CT molecular complexity index is 1320. The van der Waals surface area contributed by atoms with E-state index in [0.717, 1.165) is 5.56 Å². The van der Waals surface area contributed by atoms with Gasteiger partial charge in [0.05, 0.1) is 22.3 Å². The van der Waals surface area contributed by atoms with E-state index in [2.05, 4.69) is 15.9 Å². The van der Waals surface area contributed by atoms with Crippen LogP contribution in [0.25, 0.3) is 10.9 Å². The average molecular weight is 440 g/mol. The second-order valence-electron chi connectivity index (χ2n) is 6.78. The number of aliphatic carboxylic acids is 1. The number of aryl methyl sites for hydroxylation is 1. The van der Waals surface area contributed by atoms with E-state index in [0.29, 0.717) is 29.0 Å². The third-order valence-electron chi connectivity index (χ3n) is 4.47. The molecule has 10 heteroatoms. The maximum atomic E-state index is 12.2. The van der Waals surface area contributed by atoms with Gasteiger partial charge in [-0.3, -0.25) is 9.59 Å². The predicted octanol–water partition coefficient (Wildman–Crippen LogP) is 1.23. The highest BCUT2D eigenvalue weighted by Crippen LogP contribution is 2.21. The third-order valence-corrected chi connectivity index (χ3v) is 5.89. The normalized spacial score (nSPS) is 11.2. The first-order chi connectivity index (χ1) is 14.7. The average Bonchev–Trinajstić information content (AvgIpc) is 2.72. The highest BCUT2D eigenvalue weighted by Gasteiger charge is 2.16. The van der Waals surface area contributed by atoms with Crippen LogP contribution in [0.1, 0.15) is 11.4 Å². The molecule has 31 heavy (non-hydrogen) atoms. The Morgan fingerprint density at radius 1 is 1.26 bits per heavy atom. The molecule has 9 nitrogen and oxygen atoms in total. The summed E-state index contributed by atoms with van der Waals surface area (Å²) in [7, 11) is -3.94. The van der Waals surface area contributed by atoms with Crippen molar-refractivity contribution in [2.24, 2.45) is 0 Å². The zero-order valence-corrected chi connectivity index (χ0v) is 17.4. The number of rotatable bonds is 8.